The van der Waals surface area contributed by atoms with Gasteiger partial charge < -0.3 is 10.4 Å². The summed E-state index contributed by atoms with van der Waals surface area (Å²) in [5.74, 6) is -6.40. The van der Waals surface area contributed by atoms with Gasteiger partial charge in [-0.05, 0) is 59.2 Å². The number of benzene rings is 3. The van der Waals surface area contributed by atoms with Crippen LogP contribution in [0.5, 0.6) is 0 Å². The molecule has 0 saturated carbocycles. The van der Waals surface area contributed by atoms with E-state index in [1.54, 1.807) is 42.7 Å². The molecule has 6 aromatic rings. The fourth-order valence-corrected chi connectivity index (χ4v) is 6.23. The molecule has 3 aromatic heterocycles. The number of carboxylic acid groups (broad SMARTS) is 1. The van der Waals surface area contributed by atoms with E-state index in [-0.39, 0.29) is 11.3 Å². The van der Waals surface area contributed by atoms with Gasteiger partial charge in [0.1, 0.15) is 29.6 Å². The lowest BCUT2D eigenvalue weighted by Crippen LogP contribution is -2.43. The molecule has 246 valence electrons. The number of halogens is 3. The maximum absolute atomic E-state index is 15.2. The number of carbonyl (C=O) groups excluding carboxylic acids is 1. The fourth-order valence-electron chi connectivity index (χ4n) is 5.19. The molecule has 3 heterocycles. The Labute approximate surface area is 276 Å². The van der Waals surface area contributed by atoms with E-state index < -0.39 is 56.8 Å². The maximum atomic E-state index is 15.2. The second-order valence-corrected chi connectivity index (χ2v) is 12.3. The number of aliphatic carboxylic acids is 1. The summed E-state index contributed by atoms with van der Waals surface area (Å²) >= 11 is 0. The van der Waals surface area contributed by atoms with Crippen molar-refractivity contribution >= 4 is 38.5 Å². The minimum absolute atomic E-state index is 0.259. The van der Waals surface area contributed by atoms with Gasteiger partial charge in [-0.3, -0.25) is 14.5 Å². The molecule has 0 aliphatic carbocycles. The summed E-state index contributed by atoms with van der Waals surface area (Å²) < 4.78 is 71.8. The Morgan fingerprint density at radius 1 is 0.816 bits per heavy atom. The van der Waals surface area contributed by atoms with E-state index in [4.69, 9.17) is 0 Å². The molecule has 3 aromatic carbocycles. The highest BCUT2D eigenvalue weighted by Crippen LogP contribution is 2.29. The molecule has 0 radical (unpaired) electrons. The van der Waals surface area contributed by atoms with Crippen molar-refractivity contribution in [1.29, 1.82) is 0 Å². The van der Waals surface area contributed by atoms with E-state index in [1.807, 2.05) is 0 Å². The Balaban J connectivity index is 1.20. The van der Waals surface area contributed by atoms with E-state index in [0.29, 0.717) is 51.0 Å². The molecular weight excluding hydrogens is 661 g/mol. The summed E-state index contributed by atoms with van der Waals surface area (Å²) in [6, 6.07) is 16.0. The molecule has 49 heavy (non-hydrogen) atoms. The topological polar surface area (TPSA) is 164 Å². The maximum Gasteiger partial charge on any atom is 0.326 e. The van der Waals surface area contributed by atoms with Crippen molar-refractivity contribution in [3.05, 3.63) is 132 Å². The van der Waals surface area contributed by atoms with E-state index in [0.717, 1.165) is 0 Å². The molecule has 11 nitrogen and oxygen atoms in total. The first-order chi connectivity index (χ1) is 23.5. The Hall–Kier alpha value is -6.22. The van der Waals surface area contributed by atoms with Gasteiger partial charge in [0.2, 0.25) is 5.95 Å². The second kappa shape index (κ2) is 13.5. The zero-order valence-electron chi connectivity index (χ0n) is 25.0. The van der Waals surface area contributed by atoms with Crippen molar-refractivity contribution in [2.75, 3.05) is 4.72 Å². The minimum atomic E-state index is -4.35. The summed E-state index contributed by atoms with van der Waals surface area (Å²) in [7, 11) is -4.35. The number of carboxylic acids is 1. The van der Waals surface area contributed by atoms with Crippen LogP contribution in [0.3, 0.4) is 0 Å². The summed E-state index contributed by atoms with van der Waals surface area (Å²) in [6.07, 6.45) is 5.50. The Kier molecular flexibility index (Phi) is 9.00. The van der Waals surface area contributed by atoms with Crippen LogP contribution in [0.15, 0.2) is 109 Å². The highest BCUT2D eigenvalue weighted by Gasteiger charge is 2.27. The van der Waals surface area contributed by atoms with Crippen molar-refractivity contribution < 1.29 is 36.3 Å². The first-order valence-electron chi connectivity index (χ1n) is 14.4. The molecule has 15 heteroatoms. The number of aromatic nitrogens is 4. The highest BCUT2D eigenvalue weighted by atomic mass is 32.2. The molecule has 3 N–H and O–H groups in total. The molecule has 1 amide bonds. The number of amides is 1. The van der Waals surface area contributed by atoms with E-state index in [1.165, 1.54) is 48.9 Å². The number of fused-ring (bicyclic) bond motifs is 1. The molecular formula is C34H23F3N6O5S. The lowest BCUT2D eigenvalue weighted by Gasteiger charge is -2.17. The van der Waals surface area contributed by atoms with Crippen LogP contribution >= 0.6 is 0 Å². The number of anilines is 1. The first kappa shape index (κ1) is 32.7. The predicted molar refractivity (Wildman–Crippen MR) is 172 cm³/mol. The fraction of sp³-hybridized carbons (Fsp3) is 0.0588. The largest absolute Gasteiger partial charge is 0.480 e. The van der Waals surface area contributed by atoms with Crippen LogP contribution in [-0.2, 0) is 21.2 Å². The van der Waals surface area contributed by atoms with Crippen molar-refractivity contribution in [3.8, 4) is 22.4 Å². The number of hydrogen-bond donors (Lipinski definition) is 3. The average Bonchev–Trinajstić information content (AvgIpc) is 3.08. The van der Waals surface area contributed by atoms with Crippen molar-refractivity contribution in [2.24, 2.45) is 0 Å². The Bertz CT molecular complexity index is 2310. The van der Waals surface area contributed by atoms with Gasteiger partial charge in [-0.2, -0.15) is 4.39 Å². The molecule has 6 rings (SSSR count). The molecule has 0 spiro atoms. The van der Waals surface area contributed by atoms with Crippen molar-refractivity contribution in [3.63, 3.8) is 0 Å². The number of sulfonamides is 1. The van der Waals surface area contributed by atoms with Gasteiger partial charge in [0.15, 0.2) is 0 Å². The van der Waals surface area contributed by atoms with Crippen molar-refractivity contribution in [2.45, 2.75) is 17.4 Å². The van der Waals surface area contributed by atoms with Crippen molar-refractivity contribution in [1.82, 2.24) is 25.3 Å². The third-order valence-corrected chi connectivity index (χ3v) is 8.89. The van der Waals surface area contributed by atoms with Crippen LogP contribution in [0.1, 0.15) is 15.9 Å². The number of hydrogen-bond acceptors (Lipinski definition) is 8. The number of nitrogens with zero attached hydrogens (tertiary/aromatic N) is 4. The minimum Gasteiger partial charge on any atom is -0.480 e. The average molecular weight is 685 g/mol. The summed E-state index contributed by atoms with van der Waals surface area (Å²) in [4.78, 5) is 41.0. The van der Waals surface area contributed by atoms with Crippen LogP contribution in [0.2, 0.25) is 0 Å². The molecule has 0 saturated heterocycles. The van der Waals surface area contributed by atoms with Crippen LogP contribution < -0.4 is 10.0 Å². The van der Waals surface area contributed by atoms with Crippen LogP contribution in [0, 0.1) is 17.6 Å². The second-order valence-electron chi connectivity index (χ2n) is 10.6. The van der Waals surface area contributed by atoms with Gasteiger partial charge >= 0.3 is 5.97 Å². The van der Waals surface area contributed by atoms with Gasteiger partial charge in [-0.25, -0.2) is 36.9 Å². The van der Waals surface area contributed by atoms with Gasteiger partial charge in [-0.1, -0.05) is 30.3 Å². The normalized spacial score (nSPS) is 12.0. The van der Waals surface area contributed by atoms with Gasteiger partial charge in [0.05, 0.1) is 21.8 Å². The summed E-state index contributed by atoms with van der Waals surface area (Å²) in [5.41, 5.74) is 1.58. The Morgan fingerprint density at radius 2 is 1.57 bits per heavy atom. The molecule has 0 aliphatic heterocycles. The van der Waals surface area contributed by atoms with Crippen LogP contribution in [0.4, 0.5) is 18.9 Å². The summed E-state index contributed by atoms with van der Waals surface area (Å²) in [6.45, 7) is 0. The lowest BCUT2D eigenvalue weighted by atomic mass is 9.97. The molecule has 0 bridgehead atoms. The Morgan fingerprint density at radius 3 is 2.24 bits per heavy atom. The van der Waals surface area contributed by atoms with E-state index >= 15 is 8.78 Å². The van der Waals surface area contributed by atoms with Gasteiger partial charge in [0.25, 0.3) is 15.9 Å². The monoisotopic (exact) mass is 684 g/mol. The number of rotatable bonds is 10. The molecule has 1 atom stereocenters. The lowest BCUT2D eigenvalue weighted by molar-refractivity contribution is -0.139. The third kappa shape index (κ3) is 7.06. The molecule has 0 aliphatic rings. The quantitative estimate of drug-likeness (QED) is 0.160. The molecule has 0 unspecified atom stereocenters. The number of carbonyl (C=O) groups is 2. The zero-order valence-corrected chi connectivity index (χ0v) is 25.8. The standard InChI is InChI=1S/C34H23F3N6O5S/c35-26-16-22(43-49(47,48)23-6-3-19(4-7-23)20-9-13-39-30(37)15-20)17-27(36)31(26)33(44)42-29(34(45)46)14-21-5-8-25(28-10-12-38-18-41-28)32-24(21)2-1-11-40-32/h1-13,15-18,29,43H,14H2,(H,42,44)(H,45,46)/t29-/m0/s1. The van der Waals surface area contributed by atoms with Crippen LogP contribution in [-0.4, -0.2) is 51.4 Å². The van der Waals surface area contributed by atoms with Crippen LogP contribution in [0.25, 0.3) is 33.3 Å². The molecule has 0 fully saturated rings. The third-order valence-electron chi connectivity index (χ3n) is 7.49. The smallest absolute Gasteiger partial charge is 0.326 e. The van der Waals surface area contributed by atoms with Gasteiger partial charge in [0, 0.05) is 42.0 Å². The predicted octanol–water partition coefficient (Wildman–Crippen LogP) is 5.40. The number of nitrogens with one attached hydrogen (secondary N) is 2. The first-order valence-corrected chi connectivity index (χ1v) is 15.9. The van der Waals surface area contributed by atoms with E-state index in [2.05, 4.69) is 30.0 Å². The summed E-state index contributed by atoms with van der Waals surface area (Å²) in [5, 5.41) is 12.7. The van der Waals surface area contributed by atoms with Gasteiger partial charge in [-0.15, -0.1) is 0 Å². The van der Waals surface area contributed by atoms with E-state index in [9.17, 15) is 27.5 Å². The SMILES string of the molecule is O=C(N[C@@H](Cc1ccc(-c2ccncn2)c2ncccc12)C(=O)O)c1c(F)cc(NS(=O)(=O)c2ccc(-c3ccnc(F)c3)cc2)cc1F. The highest BCUT2D eigenvalue weighted by molar-refractivity contribution is 7.92. The zero-order chi connectivity index (χ0) is 34.7. The number of pyridine rings is 2.